The Balaban J connectivity index is 2.48. The average molecular weight is 264 g/mol. The molecule has 0 aliphatic heterocycles. The quantitative estimate of drug-likeness (QED) is 0.871. The highest BCUT2D eigenvalue weighted by molar-refractivity contribution is 9.11. The van der Waals surface area contributed by atoms with Crippen LogP contribution in [0.1, 0.15) is 23.8 Å². The van der Waals surface area contributed by atoms with Gasteiger partial charge in [-0.2, -0.15) is 0 Å². The van der Waals surface area contributed by atoms with Gasteiger partial charge in [0.1, 0.15) is 0 Å². The Kier molecular flexibility index (Phi) is 3.90. The highest BCUT2D eigenvalue weighted by atomic mass is 79.9. The van der Waals surface area contributed by atoms with E-state index in [2.05, 4.69) is 15.9 Å². The van der Waals surface area contributed by atoms with Gasteiger partial charge in [-0.25, -0.2) is 0 Å². The van der Waals surface area contributed by atoms with Crippen LogP contribution in [0.15, 0.2) is 15.9 Å². The van der Waals surface area contributed by atoms with Crippen LogP contribution in [0.2, 0.25) is 0 Å². The highest BCUT2D eigenvalue weighted by Crippen LogP contribution is 2.29. The van der Waals surface area contributed by atoms with Crippen LogP contribution in [-0.4, -0.2) is 11.0 Å². The first kappa shape index (κ1) is 10.7. The van der Waals surface area contributed by atoms with Crippen LogP contribution < -0.4 is 5.73 Å². The summed E-state index contributed by atoms with van der Waals surface area (Å²) in [4.78, 5) is 11.3. The zero-order valence-electron chi connectivity index (χ0n) is 6.87. The SMILES string of the molecule is NC(=O)CCC(O)c1ccc(Br)s1. The van der Waals surface area contributed by atoms with Crippen molar-refractivity contribution in [1.82, 2.24) is 0 Å². The van der Waals surface area contributed by atoms with Crippen LogP contribution in [0.5, 0.6) is 0 Å². The van der Waals surface area contributed by atoms with E-state index in [9.17, 15) is 9.90 Å². The average Bonchev–Trinajstić information content (AvgIpc) is 2.47. The molecule has 1 amide bonds. The fraction of sp³-hybridized carbons (Fsp3) is 0.375. The molecule has 1 aromatic heterocycles. The molecule has 0 aromatic carbocycles. The van der Waals surface area contributed by atoms with Crippen LogP contribution in [0.4, 0.5) is 0 Å². The molecule has 1 aromatic rings. The van der Waals surface area contributed by atoms with Gasteiger partial charge in [-0.05, 0) is 34.5 Å². The van der Waals surface area contributed by atoms with Crippen LogP contribution >= 0.6 is 27.3 Å². The minimum atomic E-state index is -0.580. The van der Waals surface area contributed by atoms with E-state index in [4.69, 9.17) is 5.73 Å². The third-order valence-electron chi connectivity index (χ3n) is 1.59. The maximum absolute atomic E-state index is 10.4. The Hall–Kier alpha value is -0.390. The molecule has 1 heterocycles. The first-order valence-corrected chi connectivity index (χ1v) is 5.42. The lowest BCUT2D eigenvalue weighted by molar-refractivity contribution is -0.118. The maximum Gasteiger partial charge on any atom is 0.217 e. The summed E-state index contributed by atoms with van der Waals surface area (Å²) in [7, 11) is 0. The highest BCUT2D eigenvalue weighted by Gasteiger charge is 2.10. The minimum Gasteiger partial charge on any atom is -0.388 e. The fourth-order valence-electron chi connectivity index (χ4n) is 0.929. The molecule has 13 heavy (non-hydrogen) atoms. The van der Waals surface area contributed by atoms with Crippen molar-refractivity contribution in [3.8, 4) is 0 Å². The molecule has 5 heteroatoms. The molecular formula is C8H10BrNO2S. The molecule has 1 unspecified atom stereocenters. The summed E-state index contributed by atoms with van der Waals surface area (Å²) in [6.45, 7) is 0. The molecule has 72 valence electrons. The Morgan fingerprint density at radius 1 is 1.69 bits per heavy atom. The Morgan fingerprint density at radius 3 is 2.85 bits per heavy atom. The molecule has 0 bridgehead atoms. The molecule has 0 fully saturated rings. The van der Waals surface area contributed by atoms with E-state index in [1.807, 2.05) is 12.1 Å². The maximum atomic E-state index is 10.4. The Morgan fingerprint density at radius 2 is 2.38 bits per heavy atom. The van der Waals surface area contributed by atoms with Crippen molar-refractivity contribution in [1.29, 1.82) is 0 Å². The van der Waals surface area contributed by atoms with Crippen molar-refractivity contribution in [2.45, 2.75) is 18.9 Å². The smallest absolute Gasteiger partial charge is 0.217 e. The van der Waals surface area contributed by atoms with Crippen molar-refractivity contribution >= 4 is 33.2 Å². The lowest BCUT2D eigenvalue weighted by Gasteiger charge is -2.05. The summed E-state index contributed by atoms with van der Waals surface area (Å²) < 4.78 is 0.973. The van der Waals surface area contributed by atoms with Crippen LogP contribution in [0.3, 0.4) is 0 Å². The lowest BCUT2D eigenvalue weighted by Crippen LogP contribution is -2.11. The molecule has 3 nitrogen and oxygen atoms in total. The van der Waals surface area contributed by atoms with E-state index >= 15 is 0 Å². The van der Waals surface area contributed by atoms with E-state index in [-0.39, 0.29) is 12.3 Å². The number of carbonyl (C=O) groups is 1. The largest absolute Gasteiger partial charge is 0.388 e. The number of nitrogens with two attached hydrogens (primary N) is 1. The predicted molar refractivity (Wildman–Crippen MR) is 55.4 cm³/mol. The van der Waals surface area contributed by atoms with Crippen LogP contribution in [0, 0.1) is 0 Å². The molecule has 3 N–H and O–H groups in total. The number of aliphatic hydroxyl groups excluding tert-OH is 1. The van der Waals surface area contributed by atoms with Gasteiger partial charge >= 0.3 is 0 Å². The van der Waals surface area contributed by atoms with Gasteiger partial charge in [0.15, 0.2) is 0 Å². The number of aliphatic hydroxyl groups is 1. The van der Waals surface area contributed by atoms with Gasteiger partial charge in [0.25, 0.3) is 0 Å². The number of hydrogen-bond donors (Lipinski definition) is 2. The van der Waals surface area contributed by atoms with Gasteiger partial charge < -0.3 is 10.8 Å². The van der Waals surface area contributed by atoms with Crippen molar-refractivity contribution in [2.75, 3.05) is 0 Å². The zero-order chi connectivity index (χ0) is 9.84. The Labute approximate surface area is 88.7 Å². The monoisotopic (exact) mass is 263 g/mol. The van der Waals surface area contributed by atoms with Crippen molar-refractivity contribution in [3.63, 3.8) is 0 Å². The molecule has 0 aliphatic rings. The minimum absolute atomic E-state index is 0.219. The molecule has 0 saturated carbocycles. The second-order valence-corrected chi connectivity index (χ2v) is 5.16. The number of hydrogen-bond acceptors (Lipinski definition) is 3. The van der Waals surface area contributed by atoms with Crippen molar-refractivity contribution in [2.24, 2.45) is 5.73 Å². The second-order valence-electron chi connectivity index (χ2n) is 2.66. The van der Waals surface area contributed by atoms with E-state index in [0.29, 0.717) is 6.42 Å². The third-order valence-corrected chi connectivity index (χ3v) is 3.31. The molecule has 0 spiro atoms. The summed E-state index contributed by atoms with van der Waals surface area (Å²) in [6.07, 6.45) is 0.0303. The van der Waals surface area contributed by atoms with E-state index < -0.39 is 6.10 Å². The molecular weight excluding hydrogens is 254 g/mol. The molecule has 1 rings (SSSR count). The number of thiophene rings is 1. The second kappa shape index (κ2) is 4.74. The van der Waals surface area contributed by atoms with Gasteiger partial charge in [0, 0.05) is 11.3 Å². The predicted octanol–water partition coefficient (Wildman–Crippen LogP) is 1.81. The van der Waals surface area contributed by atoms with Crippen molar-refractivity contribution < 1.29 is 9.90 Å². The summed E-state index contributed by atoms with van der Waals surface area (Å²) in [5.41, 5.74) is 4.97. The van der Waals surface area contributed by atoms with Gasteiger partial charge in [-0.15, -0.1) is 11.3 Å². The van der Waals surface area contributed by atoms with E-state index in [1.54, 1.807) is 0 Å². The lowest BCUT2D eigenvalue weighted by atomic mass is 10.1. The number of carbonyl (C=O) groups excluding carboxylic acids is 1. The molecule has 0 aliphatic carbocycles. The number of halogens is 1. The normalized spacial score (nSPS) is 12.8. The molecule has 0 radical (unpaired) electrons. The number of rotatable bonds is 4. The van der Waals surface area contributed by atoms with Gasteiger partial charge in [-0.3, -0.25) is 4.79 Å². The zero-order valence-corrected chi connectivity index (χ0v) is 9.27. The summed E-state index contributed by atoms with van der Waals surface area (Å²) >= 11 is 4.76. The third kappa shape index (κ3) is 3.46. The summed E-state index contributed by atoms with van der Waals surface area (Å²) in [6, 6.07) is 3.70. The molecule has 1 atom stereocenters. The van der Waals surface area contributed by atoms with Crippen LogP contribution in [-0.2, 0) is 4.79 Å². The topological polar surface area (TPSA) is 63.3 Å². The van der Waals surface area contributed by atoms with E-state index in [1.165, 1.54) is 11.3 Å². The standard InChI is InChI=1S/C8H10BrNO2S/c9-7-3-2-6(13-7)5(11)1-4-8(10)12/h2-3,5,11H,1,4H2,(H2,10,12). The summed E-state index contributed by atoms with van der Waals surface area (Å²) in [5, 5.41) is 9.56. The van der Waals surface area contributed by atoms with Crippen LogP contribution in [0.25, 0.3) is 0 Å². The number of primary amides is 1. The first-order valence-electron chi connectivity index (χ1n) is 3.81. The van der Waals surface area contributed by atoms with Crippen molar-refractivity contribution in [3.05, 3.63) is 20.8 Å². The number of amides is 1. The summed E-state index contributed by atoms with van der Waals surface area (Å²) in [5.74, 6) is -0.380. The fourth-order valence-corrected chi connectivity index (χ4v) is 2.37. The van der Waals surface area contributed by atoms with Gasteiger partial charge in [-0.1, -0.05) is 0 Å². The first-order chi connectivity index (χ1) is 6.09. The molecule has 0 saturated heterocycles. The van der Waals surface area contributed by atoms with E-state index in [0.717, 1.165) is 8.66 Å². The Bertz CT molecular complexity index is 300. The van der Waals surface area contributed by atoms with Gasteiger partial charge in [0.05, 0.1) is 9.89 Å². The van der Waals surface area contributed by atoms with Gasteiger partial charge in [0.2, 0.25) is 5.91 Å².